The van der Waals surface area contributed by atoms with Crippen molar-refractivity contribution in [2.75, 3.05) is 0 Å². The van der Waals surface area contributed by atoms with Gasteiger partial charge in [0.2, 0.25) is 0 Å². The number of aliphatic hydroxyl groups is 1. The molecule has 1 aromatic carbocycles. The van der Waals surface area contributed by atoms with Crippen LogP contribution in [0.3, 0.4) is 0 Å². The van der Waals surface area contributed by atoms with E-state index < -0.39 is 0 Å². The van der Waals surface area contributed by atoms with Crippen molar-refractivity contribution in [1.82, 2.24) is 0 Å². The SMILES string of the molecule is C=CCC(O)C1(c2ccccc2)CCCC1. The molecule has 0 heterocycles. The van der Waals surface area contributed by atoms with Crippen molar-refractivity contribution in [3.63, 3.8) is 0 Å². The minimum Gasteiger partial charge on any atom is -0.392 e. The van der Waals surface area contributed by atoms with Crippen LogP contribution in [-0.2, 0) is 5.41 Å². The summed E-state index contributed by atoms with van der Waals surface area (Å²) < 4.78 is 0. The Labute approximate surface area is 97.8 Å². The maximum Gasteiger partial charge on any atom is 0.0671 e. The highest BCUT2D eigenvalue weighted by atomic mass is 16.3. The Morgan fingerprint density at radius 3 is 2.44 bits per heavy atom. The summed E-state index contributed by atoms with van der Waals surface area (Å²) in [6.45, 7) is 3.74. The average Bonchev–Trinajstić information content (AvgIpc) is 2.81. The molecule has 0 radical (unpaired) electrons. The molecule has 1 heteroatoms. The zero-order valence-electron chi connectivity index (χ0n) is 9.73. The van der Waals surface area contributed by atoms with Gasteiger partial charge < -0.3 is 5.11 Å². The maximum absolute atomic E-state index is 10.4. The Bertz CT molecular complexity index is 336. The van der Waals surface area contributed by atoms with Crippen molar-refractivity contribution < 1.29 is 5.11 Å². The normalized spacial score (nSPS) is 20.6. The lowest BCUT2D eigenvalue weighted by atomic mass is 9.73. The Kier molecular flexibility index (Phi) is 3.45. The zero-order valence-corrected chi connectivity index (χ0v) is 9.73. The van der Waals surface area contributed by atoms with E-state index in [2.05, 4.69) is 30.8 Å². The number of benzene rings is 1. The van der Waals surface area contributed by atoms with E-state index in [-0.39, 0.29) is 11.5 Å². The Morgan fingerprint density at radius 1 is 1.25 bits per heavy atom. The van der Waals surface area contributed by atoms with Crippen LogP contribution in [0.2, 0.25) is 0 Å². The molecule has 1 aliphatic carbocycles. The van der Waals surface area contributed by atoms with Gasteiger partial charge in [-0.05, 0) is 24.8 Å². The van der Waals surface area contributed by atoms with E-state index >= 15 is 0 Å². The Hall–Kier alpha value is -1.08. The molecule has 1 aliphatic rings. The van der Waals surface area contributed by atoms with Gasteiger partial charge in [0, 0.05) is 5.41 Å². The predicted molar refractivity (Wildman–Crippen MR) is 67.4 cm³/mol. The lowest BCUT2D eigenvalue weighted by Crippen LogP contribution is -2.36. The van der Waals surface area contributed by atoms with Gasteiger partial charge in [0.05, 0.1) is 6.10 Å². The highest BCUT2D eigenvalue weighted by Crippen LogP contribution is 2.44. The van der Waals surface area contributed by atoms with Crippen LogP contribution >= 0.6 is 0 Å². The summed E-state index contributed by atoms with van der Waals surface area (Å²) in [6.07, 6.45) is 6.89. The predicted octanol–water partition coefficient (Wildman–Crippen LogP) is 3.44. The fraction of sp³-hybridized carbons (Fsp3) is 0.467. The smallest absolute Gasteiger partial charge is 0.0671 e. The monoisotopic (exact) mass is 216 g/mol. The second kappa shape index (κ2) is 4.84. The van der Waals surface area contributed by atoms with Gasteiger partial charge in [-0.25, -0.2) is 0 Å². The molecule has 1 saturated carbocycles. The molecule has 1 nitrogen and oxygen atoms in total. The van der Waals surface area contributed by atoms with E-state index in [4.69, 9.17) is 0 Å². The summed E-state index contributed by atoms with van der Waals surface area (Å²) in [6, 6.07) is 10.5. The maximum atomic E-state index is 10.4. The van der Waals surface area contributed by atoms with Crippen LogP contribution in [0.5, 0.6) is 0 Å². The summed E-state index contributed by atoms with van der Waals surface area (Å²) in [7, 11) is 0. The lowest BCUT2D eigenvalue weighted by Gasteiger charge is -2.34. The van der Waals surface area contributed by atoms with Crippen LogP contribution in [0.15, 0.2) is 43.0 Å². The average molecular weight is 216 g/mol. The second-order valence-corrected chi connectivity index (χ2v) is 4.77. The highest BCUT2D eigenvalue weighted by molar-refractivity contribution is 5.28. The summed E-state index contributed by atoms with van der Waals surface area (Å²) >= 11 is 0. The van der Waals surface area contributed by atoms with Gasteiger partial charge in [0.15, 0.2) is 0 Å². The van der Waals surface area contributed by atoms with Crippen LogP contribution in [0.25, 0.3) is 0 Å². The third-order valence-electron chi connectivity index (χ3n) is 3.87. The fourth-order valence-corrected chi connectivity index (χ4v) is 2.97. The van der Waals surface area contributed by atoms with Crippen LogP contribution in [0.1, 0.15) is 37.7 Å². The molecule has 1 unspecified atom stereocenters. The molecule has 0 spiro atoms. The van der Waals surface area contributed by atoms with Gasteiger partial charge in [-0.15, -0.1) is 6.58 Å². The minimum atomic E-state index is -0.283. The summed E-state index contributed by atoms with van der Waals surface area (Å²) in [5.41, 5.74) is 1.27. The van der Waals surface area contributed by atoms with Crippen molar-refractivity contribution in [2.45, 2.75) is 43.6 Å². The first kappa shape index (κ1) is 11.4. The molecular weight excluding hydrogens is 196 g/mol. The molecule has 0 bridgehead atoms. The quantitative estimate of drug-likeness (QED) is 0.764. The molecular formula is C15H20O. The summed E-state index contributed by atoms with van der Waals surface area (Å²) in [5.74, 6) is 0. The zero-order chi connectivity index (χ0) is 11.4. The number of aliphatic hydroxyl groups excluding tert-OH is 1. The third kappa shape index (κ3) is 1.92. The molecule has 0 aromatic heterocycles. The number of rotatable bonds is 4. The molecule has 1 aromatic rings. The molecule has 1 N–H and O–H groups in total. The Morgan fingerprint density at radius 2 is 1.88 bits per heavy atom. The van der Waals surface area contributed by atoms with E-state index in [0.29, 0.717) is 6.42 Å². The number of hydrogen-bond donors (Lipinski definition) is 1. The first-order valence-electron chi connectivity index (χ1n) is 6.14. The van der Waals surface area contributed by atoms with Gasteiger partial charge in [-0.3, -0.25) is 0 Å². The van der Waals surface area contributed by atoms with Crippen LogP contribution < -0.4 is 0 Å². The van der Waals surface area contributed by atoms with Crippen LogP contribution in [0, 0.1) is 0 Å². The molecule has 86 valence electrons. The summed E-state index contributed by atoms with van der Waals surface area (Å²) in [4.78, 5) is 0. The van der Waals surface area contributed by atoms with Crippen molar-refractivity contribution in [2.24, 2.45) is 0 Å². The molecule has 1 atom stereocenters. The van der Waals surface area contributed by atoms with Crippen molar-refractivity contribution in [3.8, 4) is 0 Å². The Balaban J connectivity index is 2.32. The van der Waals surface area contributed by atoms with E-state index in [1.54, 1.807) is 0 Å². The lowest BCUT2D eigenvalue weighted by molar-refractivity contribution is 0.0850. The van der Waals surface area contributed by atoms with Crippen LogP contribution in [-0.4, -0.2) is 11.2 Å². The van der Waals surface area contributed by atoms with Gasteiger partial charge in [0.1, 0.15) is 0 Å². The highest BCUT2D eigenvalue weighted by Gasteiger charge is 2.41. The van der Waals surface area contributed by atoms with Gasteiger partial charge in [0.25, 0.3) is 0 Å². The molecule has 0 saturated heterocycles. The third-order valence-corrected chi connectivity index (χ3v) is 3.87. The van der Waals surface area contributed by atoms with E-state index in [1.807, 2.05) is 12.1 Å². The molecule has 2 rings (SSSR count). The van der Waals surface area contributed by atoms with Crippen LogP contribution in [0.4, 0.5) is 0 Å². The van der Waals surface area contributed by atoms with Gasteiger partial charge >= 0.3 is 0 Å². The second-order valence-electron chi connectivity index (χ2n) is 4.77. The largest absolute Gasteiger partial charge is 0.392 e. The minimum absolute atomic E-state index is 0.0184. The van der Waals surface area contributed by atoms with Gasteiger partial charge in [-0.1, -0.05) is 49.2 Å². The van der Waals surface area contributed by atoms with Crippen molar-refractivity contribution in [3.05, 3.63) is 48.6 Å². The van der Waals surface area contributed by atoms with E-state index in [0.717, 1.165) is 12.8 Å². The number of hydrogen-bond acceptors (Lipinski definition) is 1. The molecule has 0 amide bonds. The van der Waals surface area contributed by atoms with Crippen molar-refractivity contribution in [1.29, 1.82) is 0 Å². The summed E-state index contributed by atoms with van der Waals surface area (Å²) in [5, 5.41) is 10.4. The van der Waals surface area contributed by atoms with Gasteiger partial charge in [-0.2, -0.15) is 0 Å². The topological polar surface area (TPSA) is 20.2 Å². The van der Waals surface area contributed by atoms with Crippen molar-refractivity contribution >= 4 is 0 Å². The molecule has 16 heavy (non-hydrogen) atoms. The van der Waals surface area contributed by atoms with E-state index in [9.17, 15) is 5.11 Å². The first-order chi connectivity index (χ1) is 7.79. The molecule has 0 aliphatic heterocycles. The standard InChI is InChI=1S/C15H20O/c1-2-8-14(16)15(11-6-7-12-15)13-9-4-3-5-10-13/h2-5,9-10,14,16H,1,6-8,11-12H2. The molecule has 1 fully saturated rings. The van der Waals surface area contributed by atoms with E-state index in [1.165, 1.54) is 18.4 Å². The first-order valence-corrected chi connectivity index (χ1v) is 6.14. The fourth-order valence-electron chi connectivity index (χ4n) is 2.97.